The monoisotopic (exact) mass is 218 g/mol. The summed E-state index contributed by atoms with van der Waals surface area (Å²) >= 11 is 0. The largest absolute Gasteiger partial charge is 0.324 e. The number of aryl methyl sites for hydroxylation is 1. The van der Waals surface area contributed by atoms with Gasteiger partial charge in [-0.1, -0.05) is 6.07 Å². The summed E-state index contributed by atoms with van der Waals surface area (Å²) in [7, 11) is 0. The first-order valence-corrected chi connectivity index (χ1v) is 5.20. The molecule has 1 aliphatic rings. The summed E-state index contributed by atoms with van der Waals surface area (Å²) in [5.74, 6) is 1.23. The predicted molar refractivity (Wildman–Crippen MR) is 57.0 cm³/mol. The molecule has 0 saturated heterocycles. The molecule has 0 radical (unpaired) electrons. The van der Waals surface area contributed by atoms with Crippen molar-refractivity contribution in [2.75, 3.05) is 0 Å². The van der Waals surface area contributed by atoms with E-state index in [0.29, 0.717) is 6.54 Å². The van der Waals surface area contributed by atoms with Crippen molar-refractivity contribution in [2.24, 2.45) is 5.73 Å². The van der Waals surface area contributed by atoms with E-state index < -0.39 is 0 Å². The molecule has 5 heteroatoms. The maximum atomic E-state index is 13.2. The van der Waals surface area contributed by atoms with Gasteiger partial charge in [0.2, 0.25) is 0 Å². The lowest BCUT2D eigenvalue weighted by atomic mass is 10.0. The Bertz CT molecular complexity index is 547. The Balaban J connectivity index is 2.22. The second kappa shape index (κ2) is 3.38. The van der Waals surface area contributed by atoms with Gasteiger partial charge in [0.05, 0.1) is 6.54 Å². The zero-order valence-electron chi connectivity index (χ0n) is 8.65. The van der Waals surface area contributed by atoms with E-state index in [4.69, 9.17) is 5.73 Å². The first kappa shape index (κ1) is 9.47. The molecule has 0 spiro atoms. The summed E-state index contributed by atoms with van der Waals surface area (Å²) in [6.45, 7) is 1.17. The molecule has 3 rings (SSSR count). The molecule has 2 N–H and O–H groups in total. The van der Waals surface area contributed by atoms with Crippen LogP contribution in [0.15, 0.2) is 18.2 Å². The Hall–Kier alpha value is -1.75. The number of fused-ring (bicyclic) bond motifs is 3. The van der Waals surface area contributed by atoms with Gasteiger partial charge in [-0.05, 0) is 24.1 Å². The van der Waals surface area contributed by atoms with Crippen LogP contribution in [0.1, 0.15) is 11.4 Å². The van der Waals surface area contributed by atoms with E-state index in [1.165, 1.54) is 12.1 Å². The molecule has 4 nitrogen and oxygen atoms in total. The maximum Gasteiger partial charge on any atom is 0.164 e. The SMILES string of the molecule is NCc1nnc2n1CCc1ccc(F)cc1-2. The van der Waals surface area contributed by atoms with Crippen molar-refractivity contribution >= 4 is 0 Å². The lowest BCUT2D eigenvalue weighted by Crippen LogP contribution is -2.15. The third-order valence-electron chi connectivity index (χ3n) is 2.93. The average Bonchev–Trinajstić information content (AvgIpc) is 2.72. The van der Waals surface area contributed by atoms with Crippen LogP contribution >= 0.6 is 0 Å². The maximum absolute atomic E-state index is 13.2. The molecule has 2 aromatic rings. The highest BCUT2D eigenvalue weighted by Crippen LogP contribution is 2.28. The molecule has 0 aliphatic carbocycles. The molecule has 1 aromatic carbocycles. The van der Waals surface area contributed by atoms with Gasteiger partial charge in [0.25, 0.3) is 0 Å². The first-order valence-electron chi connectivity index (χ1n) is 5.20. The summed E-state index contributed by atoms with van der Waals surface area (Å²) in [5, 5.41) is 8.09. The van der Waals surface area contributed by atoms with Crippen LogP contribution in [0.2, 0.25) is 0 Å². The fourth-order valence-electron chi connectivity index (χ4n) is 2.13. The van der Waals surface area contributed by atoms with Gasteiger partial charge in [0.15, 0.2) is 5.82 Å². The van der Waals surface area contributed by atoms with Crippen LogP contribution in [-0.4, -0.2) is 14.8 Å². The predicted octanol–water partition coefficient (Wildman–Crippen LogP) is 1.10. The number of nitrogens with zero attached hydrogens (tertiary/aromatic N) is 3. The van der Waals surface area contributed by atoms with Crippen LogP contribution < -0.4 is 5.73 Å². The lowest BCUT2D eigenvalue weighted by Gasteiger charge is -2.18. The van der Waals surface area contributed by atoms with Crippen molar-refractivity contribution in [1.82, 2.24) is 14.8 Å². The smallest absolute Gasteiger partial charge is 0.164 e. The Morgan fingerprint density at radius 3 is 3.06 bits per heavy atom. The normalized spacial score (nSPS) is 13.4. The van der Waals surface area contributed by atoms with Gasteiger partial charge in [0.1, 0.15) is 11.6 Å². The minimum absolute atomic E-state index is 0.246. The fourth-order valence-corrected chi connectivity index (χ4v) is 2.13. The molecule has 1 aliphatic heterocycles. The lowest BCUT2D eigenvalue weighted by molar-refractivity contribution is 0.617. The fraction of sp³-hybridized carbons (Fsp3) is 0.273. The Kier molecular flexibility index (Phi) is 2.00. The first-order chi connectivity index (χ1) is 7.79. The van der Waals surface area contributed by atoms with Crippen LogP contribution in [0, 0.1) is 5.82 Å². The van der Waals surface area contributed by atoms with Crippen LogP contribution in [0.3, 0.4) is 0 Å². The van der Waals surface area contributed by atoms with E-state index in [-0.39, 0.29) is 5.82 Å². The van der Waals surface area contributed by atoms with Gasteiger partial charge >= 0.3 is 0 Å². The molecule has 1 aromatic heterocycles. The van der Waals surface area contributed by atoms with E-state index >= 15 is 0 Å². The van der Waals surface area contributed by atoms with Crippen molar-refractivity contribution in [1.29, 1.82) is 0 Å². The number of aromatic nitrogens is 3. The second-order valence-corrected chi connectivity index (χ2v) is 3.85. The van der Waals surface area contributed by atoms with Crippen LogP contribution in [0.4, 0.5) is 4.39 Å². The van der Waals surface area contributed by atoms with E-state index in [1.807, 2.05) is 10.6 Å². The van der Waals surface area contributed by atoms with Gasteiger partial charge in [-0.25, -0.2) is 4.39 Å². The average molecular weight is 218 g/mol. The molecule has 0 saturated carbocycles. The van der Waals surface area contributed by atoms with Crippen molar-refractivity contribution in [2.45, 2.75) is 19.5 Å². The third-order valence-corrected chi connectivity index (χ3v) is 2.93. The van der Waals surface area contributed by atoms with Crippen LogP contribution in [0.25, 0.3) is 11.4 Å². The van der Waals surface area contributed by atoms with Gasteiger partial charge in [0, 0.05) is 12.1 Å². The van der Waals surface area contributed by atoms with E-state index in [0.717, 1.165) is 35.7 Å². The minimum atomic E-state index is -0.246. The molecule has 0 fully saturated rings. The van der Waals surface area contributed by atoms with Gasteiger partial charge in [-0.3, -0.25) is 0 Å². The molecule has 0 atom stereocenters. The third kappa shape index (κ3) is 1.25. The number of rotatable bonds is 1. The van der Waals surface area contributed by atoms with Crippen molar-refractivity contribution in [3.05, 3.63) is 35.4 Å². The summed E-state index contributed by atoms with van der Waals surface area (Å²) in [6.07, 6.45) is 0.869. The molecule has 0 amide bonds. The Labute approximate surface area is 91.9 Å². The molecule has 0 unspecified atom stereocenters. The molecular weight excluding hydrogens is 207 g/mol. The number of hydrogen-bond acceptors (Lipinski definition) is 3. The number of nitrogens with two attached hydrogens (primary N) is 1. The molecular formula is C11H11FN4. The Morgan fingerprint density at radius 2 is 2.25 bits per heavy atom. The topological polar surface area (TPSA) is 56.7 Å². The summed E-state index contributed by atoms with van der Waals surface area (Å²) in [6, 6.07) is 4.80. The quantitative estimate of drug-likeness (QED) is 0.779. The second-order valence-electron chi connectivity index (χ2n) is 3.85. The number of halogens is 1. The van der Waals surface area contributed by atoms with Crippen molar-refractivity contribution < 1.29 is 4.39 Å². The van der Waals surface area contributed by atoms with Crippen LogP contribution in [-0.2, 0) is 19.5 Å². The zero-order chi connectivity index (χ0) is 11.1. The Morgan fingerprint density at radius 1 is 1.38 bits per heavy atom. The molecule has 16 heavy (non-hydrogen) atoms. The summed E-state index contributed by atoms with van der Waals surface area (Å²) in [4.78, 5) is 0. The number of hydrogen-bond donors (Lipinski definition) is 1. The van der Waals surface area contributed by atoms with Crippen molar-refractivity contribution in [3.8, 4) is 11.4 Å². The minimum Gasteiger partial charge on any atom is -0.324 e. The van der Waals surface area contributed by atoms with Gasteiger partial charge in [-0.15, -0.1) is 10.2 Å². The highest BCUT2D eigenvalue weighted by atomic mass is 19.1. The van der Waals surface area contributed by atoms with Gasteiger partial charge in [-0.2, -0.15) is 0 Å². The summed E-state index contributed by atoms with van der Waals surface area (Å²) in [5.41, 5.74) is 7.52. The molecule has 0 bridgehead atoms. The van der Waals surface area contributed by atoms with E-state index in [9.17, 15) is 4.39 Å². The van der Waals surface area contributed by atoms with Gasteiger partial charge < -0.3 is 10.3 Å². The highest BCUT2D eigenvalue weighted by molar-refractivity contribution is 5.62. The van der Waals surface area contributed by atoms with E-state index in [1.54, 1.807) is 0 Å². The number of benzene rings is 1. The summed E-state index contributed by atoms with van der Waals surface area (Å²) < 4.78 is 15.2. The molecule has 82 valence electrons. The molecule has 2 heterocycles. The standard InChI is InChI=1S/C11H11FN4/c12-8-2-1-7-3-4-16-10(6-13)14-15-11(16)9(7)5-8/h1-2,5H,3-4,6,13H2. The van der Waals surface area contributed by atoms with Crippen molar-refractivity contribution in [3.63, 3.8) is 0 Å². The van der Waals surface area contributed by atoms with Crippen LogP contribution in [0.5, 0.6) is 0 Å². The van der Waals surface area contributed by atoms with E-state index in [2.05, 4.69) is 10.2 Å². The zero-order valence-corrected chi connectivity index (χ0v) is 8.65. The highest BCUT2D eigenvalue weighted by Gasteiger charge is 2.20.